The second-order valence-corrected chi connectivity index (χ2v) is 4.19. The van der Waals surface area contributed by atoms with Gasteiger partial charge in [-0.25, -0.2) is 4.79 Å². The normalized spacial score (nSPS) is 11.8. The fourth-order valence-electron chi connectivity index (χ4n) is 1.66. The molecular formula is C13H13N3O4. The zero-order valence-electron chi connectivity index (χ0n) is 10.7. The molecule has 1 atom stereocenters. The molecule has 104 valence electrons. The van der Waals surface area contributed by atoms with Crippen LogP contribution < -0.4 is 5.32 Å². The Morgan fingerprint density at radius 2 is 2.05 bits per heavy atom. The maximum absolute atomic E-state index is 11.8. The first-order chi connectivity index (χ1) is 9.56. The third kappa shape index (κ3) is 3.41. The Kier molecular flexibility index (Phi) is 4.09. The van der Waals surface area contributed by atoms with Gasteiger partial charge in [-0.15, -0.1) is 0 Å². The number of nitrogens with zero attached hydrogens (tertiary/aromatic N) is 2. The van der Waals surface area contributed by atoms with E-state index in [1.807, 2.05) is 6.07 Å². The molecule has 0 aliphatic carbocycles. The highest BCUT2D eigenvalue weighted by Gasteiger charge is 2.23. The summed E-state index contributed by atoms with van der Waals surface area (Å²) in [6, 6.07) is 7.97. The van der Waals surface area contributed by atoms with Gasteiger partial charge in [0, 0.05) is 13.3 Å². The second-order valence-electron chi connectivity index (χ2n) is 4.19. The van der Waals surface area contributed by atoms with Crippen LogP contribution in [-0.2, 0) is 11.2 Å². The average Bonchev–Trinajstić information content (AvgIpc) is 2.86. The lowest BCUT2D eigenvalue weighted by Gasteiger charge is -2.13. The third-order valence-electron chi connectivity index (χ3n) is 2.62. The van der Waals surface area contributed by atoms with Crippen LogP contribution in [0.4, 0.5) is 0 Å². The molecule has 0 saturated carbocycles. The molecule has 0 spiro atoms. The molecule has 0 aliphatic heterocycles. The number of aromatic nitrogens is 2. The molecule has 1 aromatic heterocycles. The summed E-state index contributed by atoms with van der Waals surface area (Å²) in [6.45, 7) is 1.54. The lowest BCUT2D eigenvalue weighted by molar-refractivity contribution is -0.139. The van der Waals surface area contributed by atoms with Gasteiger partial charge in [0.05, 0.1) is 0 Å². The van der Waals surface area contributed by atoms with Gasteiger partial charge in [-0.2, -0.15) is 4.98 Å². The number of carbonyl (C=O) groups is 2. The van der Waals surface area contributed by atoms with Crippen molar-refractivity contribution in [3.8, 4) is 0 Å². The van der Waals surface area contributed by atoms with Crippen LogP contribution in [0.3, 0.4) is 0 Å². The molecule has 1 unspecified atom stereocenters. The molecule has 0 saturated heterocycles. The van der Waals surface area contributed by atoms with E-state index < -0.39 is 17.9 Å². The van der Waals surface area contributed by atoms with Crippen molar-refractivity contribution < 1.29 is 19.2 Å². The first kappa shape index (κ1) is 13.7. The van der Waals surface area contributed by atoms with E-state index in [9.17, 15) is 9.59 Å². The molecule has 1 amide bonds. The molecule has 1 aromatic carbocycles. The zero-order valence-corrected chi connectivity index (χ0v) is 10.7. The van der Waals surface area contributed by atoms with Crippen molar-refractivity contribution in [2.45, 2.75) is 19.4 Å². The third-order valence-corrected chi connectivity index (χ3v) is 2.62. The average molecular weight is 275 g/mol. The van der Waals surface area contributed by atoms with Crippen molar-refractivity contribution >= 4 is 11.9 Å². The number of carboxylic acid groups (broad SMARTS) is 1. The number of carbonyl (C=O) groups excluding carboxylic acids is 1. The Morgan fingerprint density at radius 1 is 1.35 bits per heavy atom. The molecule has 20 heavy (non-hydrogen) atoms. The van der Waals surface area contributed by atoms with Gasteiger partial charge in [-0.1, -0.05) is 35.5 Å². The maximum Gasteiger partial charge on any atom is 0.326 e. The van der Waals surface area contributed by atoms with Crippen LogP contribution in [-0.4, -0.2) is 33.2 Å². The van der Waals surface area contributed by atoms with E-state index in [0.717, 1.165) is 5.56 Å². The van der Waals surface area contributed by atoms with Crippen molar-refractivity contribution in [1.82, 2.24) is 15.5 Å². The van der Waals surface area contributed by atoms with E-state index in [1.165, 1.54) is 0 Å². The highest BCUT2D eigenvalue weighted by atomic mass is 16.5. The largest absolute Gasteiger partial charge is 0.480 e. The van der Waals surface area contributed by atoms with Crippen LogP contribution in [0.25, 0.3) is 0 Å². The van der Waals surface area contributed by atoms with Gasteiger partial charge in [0.2, 0.25) is 5.89 Å². The van der Waals surface area contributed by atoms with Gasteiger partial charge in [-0.3, -0.25) is 4.79 Å². The lowest BCUT2D eigenvalue weighted by atomic mass is 10.1. The molecule has 0 bridgehead atoms. The molecule has 1 heterocycles. The van der Waals surface area contributed by atoms with Gasteiger partial charge >= 0.3 is 5.97 Å². The van der Waals surface area contributed by atoms with Crippen LogP contribution in [0.1, 0.15) is 22.1 Å². The summed E-state index contributed by atoms with van der Waals surface area (Å²) >= 11 is 0. The predicted octanol–water partition coefficient (Wildman–Crippen LogP) is 0.804. The first-order valence-corrected chi connectivity index (χ1v) is 5.94. The highest BCUT2D eigenvalue weighted by molar-refractivity contribution is 5.93. The monoisotopic (exact) mass is 275 g/mol. The molecule has 0 aliphatic rings. The van der Waals surface area contributed by atoms with E-state index in [1.54, 1.807) is 31.2 Å². The minimum absolute atomic E-state index is 0.179. The van der Waals surface area contributed by atoms with E-state index in [4.69, 9.17) is 5.11 Å². The Balaban J connectivity index is 2.06. The van der Waals surface area contributed by atoms with Crippen LogP contribution >= 0.6 is 0 Å². The van der Waals surface area contributed by atoms with Crippen molar-refractivity contribution in [2.24, 2.45) is 0 Å². The van der Waals surface area contributed by atoms with Crippen molar-refractivity contribution in [1.29, 1.82) is 0 Å². The summed E-state index contributed by atoms with van der Waals surface area (Å²) < 4.78 is 4.68. The Bertz CT molecular complexity index is 609. The number of hydrogen-bond acceptors (Lipinski definition) is 5. The Labute approximate surface area is 114 Å². The molecule has 2 aromatic rings. The molecule has 7 heteroatoms. The molecule has 7 nitrogen and oxygen atoms in total. The fraction of sp³-hybridized carbons (Fsp3) is 0.231. The van der Waals surface area contributed by atoms with Crippen LogP contribution in [0, 0.1) is 6.92 Å². The van der Waals surface area contributed by atoms with Gasteiger partial charge in [0.25, 0.3) is 11.7 Å². The molecule has 0 radical (unpaired) electrons. The summed E-state index contributed by atoms with van der Waals surface area (Å²) in [6.07, 6.45) is 0.179. The molecule has 2 N–H and O–H groups in total. The maximum atomic E-state index is 11.8. The number of rotatable bonds is 5. The lowest BCUT2D eigenvalue weighted by Crippen LogP contribution is -2.42. The Hall–Kier alpha value is -2.70. The predicted molar refractivity (Wildman–Crippen MR) is 68.1 cm³/mol. The first-order valence-electron chi connectivity index (χ1n) is 5.94. The minimum Gasteiger partial charge on any atom is -0.480 e. The summed E-state index contributed by atoms with van der Waals surface area (Å²) in [7, 11) is 0. The number of benzene rings is 1. The van der Waals surface area contributed by atoms with Crippen molar-refractivity contribution in [3.05, 3.63) is 47.6 Å². The van der Waals surface area contributed by atoms with Gasteiger partial charge in [0.1, 0.15) is 6.04 Å². The minimum atomic E-state index is -1.12. The van der Waals surface area contributed by atoms with Crippen LogP contribution in [0.15, 0.2) is 34.9 Å². The van der Waals surface area contributed by atoms with Crippen LogP contribution in [0.5, 0.6) is 0 Å². The summed E-state index contributed by atoms with van der Waals surface area (Å²) in [5.74, 6) is -1.74. The number of hydrogen-bond donors (Lipinski definition) is 2. The number of aliphatic carboxylic acids is 1. The van der Waals surface area contributed by atoms with E-state index in [2.05, 4.69) is 20.0 Å². The highest BCUT2D eigenvalue weighted by Crippen LogP contribution is 2.04. The summed E-state index contributed by atoms with van der Waals surface area (Å²) in [5, 5.41) is 15.0. The SMILES string of the molecule is Cc1nc(C(=O)NC(Cc2ccccc2)C(=O)O)no1. The standard InChI is InChI=1S/C13H13N3O4/c1-8-14-11(16-20-8)12(17)15-10(13(18)19)7-9-5-3-2-4-6-9/h2-6,10H,7H2,1H3,(H,15,17)(H,18,19). The summed E-state index contributed by atoms with van der Waals surface area (Å²) in [5.41, 5.74) is 0.810. The number of carboxylic acids is 1. The van der Waals surface area contributed by atoms with E-state index in [0.29, 0.717) is 0 Å². The van der Waals surface area contributed by atoms with E-state index in [-0.39, 0.29) is 18.1 Å². The van der Waals surface area contributed by atoms with Crippen molar-refractivity contribution in [3.63, 3.8) is 0 Å². The summed E-state index contributed by atoms with van der Waals surface area (Å²) in [4.78, 5) is 26.7. The van der Waals surface area contributed by atoms with E-state index >= 15 is 0 Å². The number of aryl methyl sites for hydroxylation is 1. The van der Waals surface area contributed by atoms with Gasteiger partial charge in [-0.05, 0) is 5.56 Å². The van der Waals surface area contributed by atoms with Gasteiger partial charge in [0.15, 0.2) is 0 Å². The molecule has 0 fully saturated rings. The molecule has 2 rings (SSSR count). The molecular weight excluding hydrogens is 262 g/mol. The smallest absolute Gasteiger partial charge is 0.326 e. The topological polar surface area (TPSA) is 105 Å². The number of amides is 1. The zero-order chi connectivity index (χ0) is 14.5. The second kappa shape index (κ2) is 5.96. The van der Waals surface area contributed by atoms with Crippen molar-refractivity contribution in [2.75, 3.05) is 0 Å². The van der Waals surface area contributed by atoms with Crippen LogP contribution in [0.2, 0.25) is 0 Å². The quantitative estimate of drug-likeness (QED) is 0.836. The fourth-order valence-corrected chi connectivity index (χ4v) is 1.66. The van der Waals surface area contributed by atoms with Gasteiger partial charge < -0.3 is 14.9 Å². The Morgan fingerprint density at radius 3 is 2.60 bits per heavy atom. The number of nitrogens with one attached hydrogen (secondary N) is 1.